The molecule has 0 atom stereocenters. The van der Waals surface area contributed by atoms with Crippen LogP contribution in [0.1, 0.15) is 21.5 Å². The average Bonchev–Trinajstić information content (AvgIpc) is 2.71. The molecule has 8 heteroatoms. The van der Waals surface area contributed by atoms with Gasteiger partial charge < -0.3 is 14.2 Å². The maximum atomic E-state index is 13.0. The molecule has 150 valence electrons. The molecule has 3 rings (SSSR count). The number of esters is 1. The number of hydrogen-bond donors (Lipinski definition) is 0. The maximum absolute atomic E-state index is 13.0. The molecule has 28 heavy (non-hydrogen) atoms. The van der Waals surface area contributed by atoms with Crippen molar-refractivity contribution in [2.75, 3.05) is 33.4 Å². The number of hydrogen-bond acceptors (Lipinski definition) is 6. The number of carbonyl (C=O) groups is 1. The van der Waals surface area contributed by atoms with Gasteiger partial charge in [0.15, 0.2) is 0 Å². The quantitative estimate of drug-likeness (QED) is 0.562. The molecule has 1 aliphatic heterocycles. The fourth-order valence-electron chi connectivity index (χ4n) is 2.87. The van der Waals surface area contributed by atoms with Gasteiger partial charge in [-0.15, -0.1) is 0 Å². The number of methoxy groups -OCH3 is 1. The molecule has 0 saturated carbocycles. The van der Waals surface area contributed by atoms with E-state index in [0.717, 1.165) is 11.1 Å². The van der Waals surface area contributed by atoms with Crippen LogP contribution >= 0.6 is 0 Å². The van der Waals surface area contributed by atoms with Gasteiger partial charge in [-0.25, -0.2) is 13.2 Å². The average molecular weight is 405 g/mol. The molecule has 0 N–H and O–H groups in total. The van der Waals surface area contributed by atoms with Crippen LogP contribution in [0, 0.1) is 13.8 Å². The third kappa shape index (κ3) is 4.19. The largest absolute Gasteiger partial charge is 0.495 e. The summed E-state index contributed by atoms with van der Waals surface area (Å²) in [5, 5.41) is 0. The van der Waals surface area contributed by atoms with Crippen molar-refractivity contribution in [3.63, 3.8) is 0 Å². The summed E-state index contributed by atoms with van der Waals surface area (Å²) in [7, 11) is -2.44. The lowest BCUT2D eigenvalue weighted by molar-refractivity contribution is 0.0726. The highest BCUT2D eigenvalue weighted by atomic mass is 32.2. The first-order chi connectivity index (χ1) is 13.3. The highest BCUT2D eigenvalue weighted by Crippen LogP contribution is 2.29. The summed E-state index contributed by atoms with van der Waals surface area (Å²) < 4.78 is 43.2. The summed E-state index contributed by atoms with van der Waals surface area (Å²) in [5.74, 6) is -0.0555. The van der Waals surface area contributed by atoms with Crippen molar-refractivity contribution < 1.29 is 27.4 Å². The number of morpholine rings is 1. The highest BCUT2D eigenvalue weighted by molar-refractivity contribution is 7.89. The number of benzene rings is 2. The predicted octanol–water partition coefficient (Wildman–Crippen LogP) is 2.55. The van der Waals surface area contributed by atoms with E-state index in [2.05, 4.69) is 0 Å². The van der Waals surface area contributed by atoms with E-state index in [4.69, 9.17) is 14.2 Å². The molecule has 0 aliphatic carbocycles. The molecule has 0 bridgehead atoms. The zero-order chi connectivity index (χ0) is 20.3. The summed E-state index contributed by atoms with van der Waals surface area (Å²) in [6.07, 6.45) is 0. The van der Waals surface area contributed by atoms with Crippen LogP contribution in [0.4, 0.5) is 0 Å². The van der Waals surface area contributed by atoms with Crippen LogP contribution in [0.5, 0.6) is 11.5 Å². The molecule has 2 aromatic carbocycles. The number of nitrogens with zero attached hydrogens (tertiary/aromatic N) is 1. The van der Waals surface area contributed by atoms with E-state index in [-0.39, 0.29) is 29.3 Å². The summed E-state index contributed by atoms with van der Waals surface area (Å²) in [4.78, 5) is 12.5. The Hall–Kier alpha value is -2.42. The minimum absolute atomic E-state index is 0.0635. The van der Waals surface area contributed by atoms with Crippen LogP contribution in [0.3, 0.4) is 0 Å². The molecular formula is C20H23NO6S. The zero-order valence-electron chi connectivity index (χ0n) is 16.1. The normalized spacial score (nSPS) is 15.2. The van der Waals surface area contributed by atoms with Gasteiger partial charge in [-0.3, -0.25) is 0 Å². The molecule has 0 unspecified atom stereocenters. The van der Waals surface area contributed by atoms with Gasteiger partial charge in [0.2, 0.25) is 10.0 Å². The number of rotatable bonds is 5. The van der Waals surface area contributed by atoms with Crippen LogP contribution < -0.4 is 9.47 Å². The lowest BCUT2D eigenvalue weighted by Crippen LogP contribution is -2.40. The maximum Gasteiger partial charge on any atom is 0.343 e. The molecule has 1 aliphatic rings. The Bertz CT molecular complexity index is 980. The van der Waals surface area contributed by atoms with Gasteiger partial charge in [-0.1, -0.05) is 6.07 Å². The van der Waals surface area contributed by atoms with E-state index in [1.807, 2.05) is 19.9 Å². The highest BCUT2D eigenvalue weighted by Gasteiger charge is 2.30. The van der Waals surface area contributed by atoms with Gasteiger partial charge in [0.25, 0.3) is 0 Å². The van der Waals surface area contributed by atoms with Crippen molar-refractivity contribution in [1.29, 1.82) is 0 Å². The first-order valence-electron chi connectivity index (χ1n) is 8.88. The van der Waals surface area contributed by atoms with E-state index >= 15 is 0 Å². The van der Waals surface area contributed by atoms with Gasteiger partial charge in [-0.2, -0.15) is 4.31 Å². The van der Waals surface area contributed by atoms with Gasteiger partial charge in [-0.05, 0) is 55.3 Å². The van der Waals surface area contributed by atoms with Crippen LogP contribution in [0.2, 0.25) is 0 Å². The monoisotopic (exact) mass is 405 g/mol. The van der Waals surface area contributed by atoms with E-state index in [1.165, 1.54) is 29.6 Å². The van der Waals surface area contributed by atoms with Gasteiger partial charge in [0.05, 0.1) is 25.9 Å². The predicted molar refractivity (Wildman–Crippen MR) is 103 cm³/mol. The van der Waals surface area contributed by atoms with Crippen molar-refractivity contribution >= 4 is 16.0 Å². The van der Waals surface area contributed by atoms with Crippen LogP contribution in [0.25, 0.3) is 0 Å². The standard InChI is InChI=1S/C20H23NO6S/c1-14-4-6-17(12-15(14)2)27-20(22)16-5-7-18(25-3)19(13-16)28(23,24)21-8-10-26-11-9-21/h4-7,12-13H,8-11H2,1-3H3. The number of ether oxygens (including phenoxy) is 3. The number of sulfonamides is 1. The second-order valence-electron chi connectivity index (χ2n) is 6.52. The topological polar surface area (TPSA) is 82.1 Å². The minimum atomic E-state index is -3.83. The second-order valence-corrected chi connectivity index (χ2v) is 8.42. The third-order valence-corrected chi connectivity index (χ3v) is 6.60. The molecule has 0 spiro atoms. The van der Waals surface area contributed by atoms with E-state index in [1.54, 1.807) is 12.1 Å². The first-order valence-corrected chi connectivity index (χ1v) is 10.3. The molecule has 2 aromatic rings. The van der Waals surface area contributed by atoms with Crippen LogP contribution in [-0.4, -0.2) is 52.1 Å². The van der Waals surface area contributed by atoms with Gasteiger partial charge >= 0.3 is 5.97 Å². The third-order valence-electron chi connectivity index (χ3n) is 4.68. The summed E-state index contributed by atoms with van der Waals surface area (Å²) >= 11 is 0. The van der Waals surface area contributed by atoms with E-state index < -0.39 is 16.0 Å². The minimum Gasteiger partial charge on any atom is -0.495 e. The summed E-state index contributed by atoms with van der Waals surface area (Å²) in [6, 6.07) is 9.58. The number of aryl methyl sites for hydroxylation is 2. The Morgan fingerprint density at radius 3 is 2.39 bits per heavy atom. The SMILES string of the molecule is COc1ccc(C(=O)Oc2ccc(C)c(C)c2)cc1S(=O)(=O)N1CCOCC1. The summed E-state index contributed by atoms with van der Waals surface area (Å²) in [6.45, 7) is 5.05. The second kappa shape index (κ2) is 8.30. The lowest BCUT2D eigenvalue weighted by Gasteiger charge is -2.26. The Morgan fingerprint density at radius 2 is 1.75 bits per heavy atom. The van der Waals surface area contributed by atoms with E-state index in [0.29, 0.717) is 19.0 Å². The van der Waals surface area contributed by atoms with Gasteiger partial charge in [0.1, 0.15) is 16.4 Å². The Kier molecular flexibility index (Phi) is 6.02. The fraction of sp³-hybridized carbons (Fsp3) is 0.350. The summed E-state index contributed by atoms with van der Waals surface area (Å²) in [5.41, 5.74) is 2.21. The zero-order valence-corrected chi connectivity index (χ0v) is 16.9. The van der Waals surface area contributed by atoms with Crippen molar-refractivity contribution in [2.45, 2.75) is 18.7 Å². The Balaban J connectivity index is 1.91. The van der Waals surface area contributed by atoms with Crippen molar-refractivity contribution in [2.24, 2.45) is 0 Å². The van der Waals surface area contributed by atoms with E-state index in [9.17, 15) is 13.2 Å². The Morgan fingerprint density at radius 1 is 1.04 bits per heavy atom. The molecular weight excluding hydrogens is 382 g/mol. The molecule has 0 radical (unpaired) electrons. The van der Waals surface area contributed by atoms with Crippen molar-refractivity contribution in [3.05, 3.63) is 53.1 Å². The smallest absolute Gasteiger partial charge is 0.343 e. The van der Waals surface area contributed by atoms with Crippen molar-refractivity contribution in [1.82, 2.24) is 4.31 Å². The lowest BCUT2D eigenvalue weighted by atomic mass is 10.1. The molecule has 1 saturated heterocycles. The van der Waals surface area contributed by atoms with Crippen molar-refractivity contribution in [3.8, 4) is 11.5 Å². The van der Waals surface area contributed by atoms with Crippen LogP contribution in [-0.2, 0) is 14.8 Å². The van der Waals surface area contributed by atoms with Crippen LogP contribution in [0.15, 0.2) is 41.3 Å². The Labute approximate surface area is 164 Å². The molecule has 1 fully saturated rings. The molecule has 0 aromatic heterocycles. The molecule has 1 heterocycles. The molecule has 7 nitrogen and oxygen atoms in total. The fourth-order valence-corrected chi connectivity index (χ4v) is 4.46. The molecule has 0 amide bonds. The first kappa shape index (κ1) is 20.3. The van der Waals surface area contributed by atoms with Gasteiger partial charge in [0, 0.05) is 13.1 Å². The number of carbonyl (C=O) groups excluding carboxylic acids is 1.